The molecule has 0 saturated heterocycles. The zero-order valence-corrected chi connectivity index (χ0v) is 9.61. The predicted octanol–water partition coefficient (Wildman–Crippen LogP) is 3.80. The molecule has 1 aromatic carbocycles. The summed E-state index contributed by atoms with van der Waals surface area (Å²) in [5, 5.41) is 2.07. The molecule has 1 heterocycles. The zero-order valence-electron chi connectivity index (χ0n) is 7.21. The van der Waals surface area contributed by atoms with E-state index in [9.17, 15) is 0 Å². The van der Waals surface area contributed by atoms with Crippen molar-refractivity contribution in [3.05, 3.63) is 29.1 Å². The highest BCUT2D eigenvalue weighted by atomic mass is 79.9. The third kappa shape index (κ3) is 1.46. The van der Waals surface area contributed by atoms with E-state index in [1.54, 1.807) is 18.4 Å². The van der Waals surface area contributed by atoms with Crippen LogP contribution >= 0.6 is 27.3 Å². The Bertz CT molecular complexity index is 422. The quantitative estimate of drug-likeness (QED) is 0.743. The van der Waals surface area contributed by atoms with E-state index in [1.807, 2.05) is 6.07 Å². The molecule has 0 amide bonds. The molecule has 0 fully saturated rings. The number of fused-ring (bicyclic) bond motifs is 1. The van der Waals surface area contributed by atoms with Crippen LogP contribution in [0, 0.1) is 0 Å². The van der Waals surface area contributed by atoms with Crippen LogP contribution in [0.3, 0.4) is 0 Å². The van der Waals surface area contributed by atoms with Crippen LogP contribution < -0.4 is 4.74 Å². The van der Waals surface area contributed by atoms with Crippen LogP contribution in [-0.4, -0.2) is 7.11 Å². The maximum Gasteiger partial charge on any atom is 0.141 e. The summed E-state index contributed by atoms with van der Waals surface area (Å²) >= 11 is 5.23. The zero-order chi connectivity index (χ0) is 9.26. The van der Waals surface area contributed by atoms with E-state index in [0.29, 0.717) is 0 Å². The molecule has 68 valence electrons. The molecule has 2 rings (SSSR count). The van der Waals surface area contributed by atoms with Gasteiger partial charge in [0.25, 0.3) is 0 Å². The molecular weight excluding hydrogens is 248 g/mol. The van der Waals surface area contributed by atoms with E-state index >= 15 is 0 Å². The lowest BCUT2D eigenvalue weighted by Gasteiger charge is -1.98. The summed E-state index contributed by atoms with van der Waals surface area (Å²) in [5.41, 5.74) is 0. The van der Waals surface area contributed by atoms with Crippen molar-refractivity contribution in [2.24, 2.45) is 0 Å². The van der Waals surface area contributed by atoms with Crippen molar-refractivity contribution in [3.8, 4) is 5.75 Å². The molecule has 0 radical (unpaired) electrons. The van der Waals surface area contributed by atoms with Crippen molar-refractivity contribution in [2.75, 3.05) is 7.11 Å². The lowest BCUT2D eigenvalue weighted by Crippen LogP contribution is -1.83. The van der Waals surface area contributed by atoms with E-state index in [-0.39, 0.29) is 0 Å². The van der Waals surface area contributed by atoms with Crippen LogP contribution in [-0.2, 0) is 5.33 Å². The molecular formula is C10H9BrOS. The van der Waals surface area contributed by atoms with Crippen LogP contribution in [0.5, 0.6) is 5.75 Å². The maximum absolute atomic E-state index is 5.37. The third-order valence-electron chi connectivity index (χ3n) is 1.94. The van der Waals surface area contributed by atoms with Gasteiger partial charge in [-0.15, -0.1) is 11.3 Å². The lowest BCUT2D eigenvalue weighted by molar-refractivity contribution is 0.418. The summed E-state index contributed by atoms with van der Waals surface area (Å²) < 4.78 is 6.66. The van der Waals surface area contributed by atoms with Crippen molar-refractivity contribution in [1.29, 1.82) is 0 Å². The minimum Gasteiger partial charge on any atom is -0.495 e. The third-order valence-corrected chi connectivity index (χ3v) is 4.03. The molecule has 0 aliphatic heterocycles. The molecule has 0 bridgehead atoms. The number of halogens is 1. The molecule has 3 heteroatoms. The van der Waals surface area contributed by atoms with Crippen molar-refractivity contribution in [1.82, 2.24) is 0 Å². The first-order valence-electron chi connectivity index (χ1n) is 3.97. The number of methoxy groups -OCH3 is 1. The largest absolute Gasteiger partial charge is 0.495 e. The standard InChI is InChI=1S/C10H9BrOS/c1-12-10-7-4-2-3-5-8(7)13-9(10)6-11/h2-5H,6H2,1H3. The van der Waals surface area contributed by atoms with E-state index < -0.39 is 0 Å². The molecule has 0 unspecified atom stereocenters. The highest BCUT2D eigenvalue weighted by Gasteiger charge is 2.10. The normalized spacial score (nSPS) is 10.6. The average Bonchev–Trinajstić information content (AvgIpc) is 2.55. The van der Waals surface area contributed by atoms with Gasteiger partial charge in [-0.1, -0.05) is 28.1 Å². The summed E-state index contributed by atoms with van der Waals surface area (Å²) in [7, 11) is 1.72. The second-order valence-electron chi connectivity index (χ2n) is 2.69. The van der Waals surface area contributed by atoms with Gasteiger partial charge in [-0.3, -0.25) is 0 Å². The average molecular weight is 257 g/mol. The summed E-state index contributed by atoms with van der Waals surface area (Å²) in [6.45, 7) is 0. The summed E-state index contributed by atoms with van der Waals surface area (Å²) in [4.78, 5) is 1.25. The van der Waals surface area contributed by atoms with Gasteiger partial charge in [-0.05, 0) is 12.1 Å². The van der Waals surface area contributed by atoms with Crippen LogP contribution in [0.25, 0.3) is 10.1 Å². The molecule has 0 N–H and O–H groups in total. The van der Waals surface area contributed by atoms with E-state index in [0.717, 1.165) is 11.1 Å². The molecule has 13 heavy (non-hydrogen) atoms. The first-order chi connectivity index (χ1) is 6.36. The van der Waals surface area contributed by atoms with Gasteiger partial charge in [-0.25, -0.2) is 0 Å². The minimum atomic E-state index is 0.857. The fourth-order valence-corrected chi connectivity index (χ4v) is 3.01. The van der Waals surface area contributed by atoms with E-state index in [2.05, 4.69) is 34.1 Å². The predicted molar refractivity (Wildman–Crippen MR) is 61.0 cm³/mol. The smallest absolute Gasteiger partial charge is 0.141 e. The topological polar surface area (TPSA) is 9.23 Å². The number of ether oxygens (including phenoxy) is 1. The minimum absolute atomic E-state index is 0.857. The van der Waals surface area contributed by atoms with Crippen molar-refractivity contribution >= 4 is 37.4 Å². The molecule has 0 saturated carbocycles. The second kappa shape index (κ2) is 3.68. The molecule has 0 aliphatic carbocycles. The fraction of sp³-hybridized carbons (Fsp3) is 0.200. The number of hydrogen-bond donors (Lipinski definition) is 0. The van der Waals surface area contributed by atoms with Gasteiger partial charge in [0.05, 0.1) is 12.0 Å². The van der Waals surface area contributed by atoms with E-state index in [1.165, 1.54) is 15.0 Å². The van der Waals surface area contributed by atoms with Gasteiger partial charge in [0.2, 0.25) is 0 Å². The van der Waals surface area contributed by atoms with Crippen LogP contribution in [0.2, 0.25) is 0 Å². The molecule has 1 aromatic heterocycles. The Morgan fingerprint density at radius 2 is 2.15 bits per heavy atom. The number of benzene rings is 1. The van der Waals surface area contributed by atoms with Crippen molar-refractivity contribution in [2.45, 2.75) is 5.33 Å². The van der Waals surface area contributed by atoms with Crippen LogP contribution in [0.15, 0.2) is 24.3 Å². The summed E-state index contributed by atoms with van der Waals surface area (Å²) in [6.07, 6.45) is 0. The number of hydrogen-bond acceptors (Lipinski definition) is 2. The first-order valence-corrected chi connectivity index (χ1v) is 5.91. The van der Waals surface area contributed by atoms with Gasteiger partial charge < -0.3 is 4.74 Å². The molecule has 2 aromatic rings. The van der Waals surface area contributed by atoms with Gasteiger partial charge in [0.15, 0.2) is 0 Å². The highest BCUT2D eigenvalue weighted by molar-refractivity contribution is 9.08. The van der Waals surface area contributed by atoms with Crippen molar-refractivity contribution in [3.63, 3.8) is 0 Å². The van der Waals surface area contributed by atoms with Gasteiger partial charge in [0.1, 0.15) is 5.75 Å². The van der Waals surface area contributed by atoms with Crippen LogP contribution in [0.1, 0.15) is 4.88 Å². The van der Waals surface area contributed by atoms with Crippen LogP contribution in [0.4, 0.5) is 0 Å². The Morgan fingerprint density at radius 1 is 1.38 bits per heavy atom. The highest BCUT2D eigenvalue weighted by Crippen LogP contribution is 2.38. The Hall–Kier alpha value is -0.540. The fourth-order valence-electron chi connectivity index (χ4n) is 1.38. The summed E-state index contributed by atoms with van der Waals surface area (Å²) in [6, 6.07) is 8.30. The Balaban J connectivity index is 2.73. The maximum atomic E-state index is 5.37. The Morgan fingerprint density at radius 3 is 2.85 bits per heavy atom. The number of thiophene rings is 1. The SMILES string of the molecule is COc1c(CBr)sc2ccccc12. The summed E-state index contributed by atoms with van der Waals surface area (Å²) in [5.74, 6) is 1.01. The molecule has 0 spiro atoms. The molecule has 0 atom stereocenters. The Kier molecular flexibility index (Phi) is 2.56. The van der Waals surface area contributed by atoms with Gasteiger partial charge in [-0.2, -0.15) is 0 Å². The molecule has 0 aliphatic rings. The van der Waals surface area contributed by atoms with Gasteiger partial charge in [0, 0.05) is 15.4 Å². The number of rotatable bonds is 2. The Labute approximate surface area is 89.5 Å². The molecule has 1 nitrogen and oxygen atoms in total. The number of alkyl halides is 1. The van der Waals surface area contributed by atoms with Gasteiger partial charge >= 0.3 is 0 Å². The van der Waals surface area contributed by atoms with Crippen molar-refractivity contribution < 1.29 is 4.74 Å². The van der Waals surface area contributed by atoms with E-state index in [4.69, 9.17) is 4.74 Å². The first kappa shape index (κ1) is 9.03. The monoisotopic (exact) mass is 256 g/mol. The second-order valence-corrected chi connectivity index (χ2v) is 4.39. The lowest BCUT2D eigenvalue weighted by atomic mass is 10.2.